The topological polar surface area (TPSA) is 48.0 Å². The van der Waals surface area contributed by atoms with Gasteiger partial charge in [0.25, 0.3) is 0 Å². The Morgan fingerprint density at radius 2 is 1.59 bits per heavy atom. The number of nitrogens with zero attached hydrogens (tertiary/aromatic N) is 3. The van der Waals surface area contributed by atoms with E-state index in [0.29, 0.717) is 54.5 Å². The lowest BCUT2D eigenvalue weighted by Gasteiger charge is -2.39. The number of hydrogen-bond acceptors (Lipinski definition) is 4. The van der Waals surface area contributed by atoms with Crippen molar-refractivity contribution in [1.29, 1.82) is 0 Å². The van der Waals surface area contributed by atoms with Gasteiger partial charge >= 0.3 is 6.03 Å². The molecular formula is C23H27Cl3N4O2. The minimum Gasteiger partial charge on any atom is -0.378 e. The number of benzene rings is 2. The standard InChI is InChI=1S/C23H27Cl3N4O2/c1-16(19-4-2-17(24)14-21(19)26)27-22-15-18(3-5-20(22)25)28-6-8-29(9-7-28)23(31)30-10-12-32-13-11-30/h2-5,14-16,27H,6-13H2,1H3/t16-/m1/s1. The summed E-state index contributed by atoms with van der Waals surface area (Å²) in [5, 5.41) is 5.34. The van der Waals surface area contributed by atoms with E-state index in [1.54, 1.807) is 6.07 Å². The number of carbonyl (C=O) groups is 1. The molecule has 2 saturated heterocycles. The van der Waals surface area contributed by atoms with Gasteiger partial charge in [0.05, 0.1) is 30.0 Å². The first-order valence-corrected chi connectivity index (χ1v) is 11.9. The molecule has 0 aliphatic carbocycles. The third kappa shape index (κ3) is 5.37. The second kappa shape index (κ2) is 10.4. The van der Waals surface area contributed by atoms with Crippen molar-refractivity contribution in [3.8, 4) is 0 Å². The van der Waals surface area contributed by atoms with E-state index < -0.39 is 0 Å². The van der Waals surface area contributed by atoms with Crippen molar-refractivity contribution < 1.29 is 9.53 Å². The minimum atomic E-state index is -0.0458. The SMILES string of the molecule is C[C@@H](Nc1cc(N2CCN(C(=O)N3CCOCC3)CC2)ccc1Cl)c1ccc(Cl)cc1Cl. The van der Waals surface area contributed by atoms with E-state index in [2.05, 4.69) is 16.3 Å². The van der Waals surface area contributed by atoms with Crippen LogP contribution in [0.3, 0.4) is 0 Å². The van der Waals surface area contributed by atoms with Gasteiger partial charge in [-0.15, -0.1) is 0 Å². The number of nitrogens with one attached hydrogen (secondary N) is 1. The van der Waals surface area contributed by atoms with Gasteiger partial charge in [-0.2, -0.15) is 0 Å². The summed E-state index contributed by atoms with van der Waals surface area (Å²) in [6.07, 6.45) is 0. The highest BCUT2D eigenvalue weighted by Crippen LogP contribution is 2.33. The van der Waals surface area contributed by atoms with Crippen LogP contribution in [0.4, 0.5) is 16.2 Å². The molecule has 2 aliphatic heterocycles. The van der Waals surface area contributed by atoms with Crippen molar-refractivity contribution in [2.45, 2.75) is 13.0 Å². The van der Waals surface area contributed by atoms with Gasteiger partial charge in [0, 0.05) is 55.0 Å². The van der Waals surface area contributed by atoms with Gasteiger partial charge in [0.15, 0.2) is 0 Å². The van der Waals surface area contributed by atoms with Crippen LogP contribution in [0.25, 0.3) is 0 Å². The number of rotatable bonds is 4. The molecule has 2 aromatic rings. The Morgan fingerprint density at radius 1 is 0.906 bits per heavy atom. The maximum absolute atomic E-state index is 12.7. The molecule has 0 saturated carbocycles. The molecule has 0 radical (unpaired) electrons. The van der Waals surface area contributed by atoms with Crippen LogP contribution < -0.4 is 10.2 Å². The molecule has 1 N–H and O–H groups in total. The number of urea groups is 1. The highest BCUT2D eigenvalue weighted by Gasteiger charge is 2.26. The van der Waals surface area contributed by atoms with Crippen LogP contribution in [-0.2, 0) is 4.74 Å². The van der Waals surface area contributed by atoms with E-state index in [0.717, 1.165) is 30.0 Å². The van der Waals surface area contributed by atoms with E-state index in [-0.39, 0.29) is 12.1 Å². The van der Waals surface area contributed by atoms with Gasteiger partial charge in [0.2, 0.25) is 0 Å². The molecule has 1 atom stereocenters. The summed E-state index contributed by atoms with van der Waals surface area (Å²) in [5.41, 5.74) is 2.87. The Hall–Kier alpha value is -1.86. The number of hydrogen-bond donors (Lipinski definition) is 1. The highest BCUT2D eigenvalue weighted by atomic mass is 35.5. The van der Waals surface area contributed by atoms with Crippen LogP contribution in [0.5, 0.6) is 0 Å². The molecular weight excluding hydrogens is 471 g/mol. The van der Waals surface area contributed by atoms with Crippen molar-refractivity contribution in [3.63, 3.8) is 0 Å². The summed E-state index contributed by atoms with van der Waals surface area (Å²) < 4.78 is 5.35. The van der Waals surface area contributed by atoms with Crippen molar-refractivity contribution in [2.24, 2.45) is 0 Å². The van der Waals surface area contributed by atoms with Crippen molar-refractivity contribution in [1.82, 2.24) is 9.80 Å². The first-order chi connectivity index (χ1) is 15.4. The quantitative estimate of drug-likeness (QED) is 0.615. The maximum atomic E-state index is 12.7. The van der Waals surface area contributed by atoms with Gasteiger partial charge in [-0.25, -0.2) is 4.79 Å². The molecule has 6 nitrogen and oxygen atoms in total. The van der Waals surface area contributed by atoms with E-state index in [1.807, 2.05) is 41.0 Å². The lowest BCUT2D eigenvalue weighted by atomic mass is 10.1. The Kier molecular flexibility index (Phi) is 7.56. The fourth-order valence-electron chi connectivity index (χ4n) is 4.09. The predicted octanol–water partition coefficient (Wildman–Crippen LogP) is 5.39. The monoisotopic (exact) mass is 496 g/mol. The number of morpholine rings is 1. The Labute approximate surface area is 204 Å². The Balaban J connectivity index is 1.40. The summed E-state index contributed by atoms with van der Waals surface area (Å²) in [7, 11) is 0. The zero-order valence-corrected chi connectivity index (χ0v) is 20.3. The molecule has 2 amide bonds. The fraction of sp³-hybridized carbons (Fsp3) is 0.435. The summed E-state index contributed by atoms with van der Waals surface area (Å²) in [4.78, 5) is 18.8. The second-order valence-electron chi connectivity index (χ2n) is 8.05. The number of ether oxygens (including phenoxy) is 1. The van der Waals surface area contributed by atoms with Crippen LogP contribution in [0.15, 0.2) is 36.4 Å². The van der Waals surface area contributed by atoms with Crippen molar-refractivity contribution in [3.05, 3.63) is 57.0 Å². The smallest absolute Gasteiger partial charge is 0.320 e. The Bertz CT molecular complexity index is 960. The van der Waals surface area contributed by atoms with Gasteiger partial charge in [-0.05, 0) is 42.8 Å². The first-order valence-electron chi connectivity index (χ1n) is 10.8. The van der Waals surface area contributed by atoms with Crippen molar-refractivity contribution in [2.75, 3.05) is 62.7 Å². The minimum absolute atomic E-state index is 0.0458. The maximum Gasteiger partial charge on any atom is 0.320 e. The van der Waals surface area contributed by atoms with Crippen LogP contribution in [-0.4, -0.2) is 68.3 Å². The number of carbonyl (C=O) groups excluding carboxylic acids is 1. The van der Waals surface area contributed by atoms with E-state index in [1.165, 1.54) is 0 Å². The number of halogens is 3. The second-order valence-corrected chi connectivity index (χ2v) is 9.30. The lowest BCUT2D eigenvalue weighted by Crippen LogP contribution is -2.54. The lowest BCUT2D eigenvalue weighted by molar-refractivity contribution is 0.0428. The number of amides is 2. The summed E-state index contributed by atoms with van der Waals surface area (Å²) in [5.74, 6) is 0. The summed E-state index contributed by atoms with van der Waals surface area (Å²) in [6, 6.07) is 11.5. The summed E-state index contributed by atoms with van der Waals surface area (Å²) >= 11 is 18.9. The molecule has 9 heteroatoms. The molecule has 0 unspecified atom stereocenters. The average Bonchev–Trinajstić information content (AvgIpc) is 2.80. The highest BCUT2D eigenvalue weighted by molar-refractivity contribution is 6.35. The average molecular weight is 498 g/mol. The summed E-state index contributed by atoms with van der Waals surface area (Å²) in [6.45, 7) is 7.54. The fourth-order valence-corrected chi connectivity index (χ4v) is 4.84. The molecule has 0 bridgehead atoms. The van der Waals surface area contributed by atoms with E-state index in [4.69, 9.17) is 39.5 Å². The van der Waals surface area contributed by atoms with Gasteiger partial charge in [0.1, 0.15) is 0 Å². The van der Waals surface area contributed by atoms with Crippen molar-refractivity contribution >= 4 is 52.2 Å². The molecule has 0 spiro atoms. The predicted molar refractivity (Wildman–Crippen MR) is 132 cm³/mol. The van der Waals surface area contributed by atoms with Gasteiger partial charge in [-0.3, -0.25) is 0 Å². The third-order valence-electron chi connectivity index (χ3n) is 5.95. The largest absolute Gasteiger partial charge is 0.378 e. The molecule has 2 aliphatic rings. The molecule has 172 valence electrons. The van der Waals surface area contributed by atoms with Crippen LogP contribution in [0.2, 0.25) is 15.1 Å². The zero-order chi connectivity index (χ0) is 22.7. The Morgan fingerprint density at radius 3 is 2.28 bits per heavy atom. The third-order valence-corrected chi connectivity index (χ3v) is 6.84. The zero-order valence-electron chi connectivity index (χ0n) is 18.0. The van der Waals surface area contributed by atoms with Crippen LogP contribution in [0.1, 0.15) is 18.5 Å². The first kappa shape index (κ1) is 23.3. The van der Waals surface area contributed by atoms with Gasteiger partial charge < -0.3 is 24.8 Å². The molecule has 32 heavy (non-hydrogen) atoms. The normalized spacial score (nSPS) is 17.9. The molecule has 0 aromatic heterocycles. The van der Waals surface area contributed by atoms with E-state index in [9.17, 15) is 4.79 Å². The molecule has 4 rings (SSSR count). The molecule has 2 heterocycles. The van der Waals surface area contributed by atoms with E-state index >= 15 is 0 Å². The van der Waals surface area contributed by atoms with Gasteiger partial charge in [-0.1, -0.05) is 40.9 Å². The molecule has 2 aromatic carbocycles. The van der Waals surface area contributed by atoms with Crippen LogP contribution in [0, 0.1) is 0 Å². The number of piperazine rings is 1. The van der Waals surface area contributed by atoms with Crippen LogP contribution >= 0.6 is 34.8 Å². The molecule has 2 fully saturated rings. The number of anilines is 2.